The van der Waals surface area contributed by atoms with Crippen molar-refractivity contribution in [2.45, 2.75) is 37.8 Å². The summed E-state index contributed by atoms with van der Waals surface area (Å²) in [6.45, 7) is 3.86. The zero-order chi connectivity index (χ0) is 23.6. The Kier molecular flexibility index (Phi) is 6.60. The molecule has 0 radical (unpaired) electrons. The first-order valence-corrected chi connectivity index (χ1v) is 12.5. The van der Waals surface area contributed by atoms with Crippen LogP contribution in [0.3, 0.4) is 0 Å². The topological polar surface area (TPSA) is 109 Å². The highest BCUT2D eigenvalue weighted by Crippen LogP contribution is 2.37. The maximum Gasteiger partial charge on any atom is 0.254 e. The number of nitrogens with zero attached hydrogens (tertiary/aromatic N) is 2. The van der Waals surface area contributed by atoms with Gasteiger partial charge in [-0.1, -0.05) is 30.3 Å². The van der Waals surface area contributed by atoms with Crippen molar-refractivity contribution in [3.05, 3.63) is 60.1 Å². The summed E-state index contributed by atoms with van der Waals surface area (Å²) in [5.74, 6) is -1.20. The molecule has 178 valence electrons. The maximum absolute atomic E-state index is 13.9. The molecule has 2 aliphatic rings. The average molecular weight is 476 g/mol. The number of hydrogen-bond donors (Lipinski definition) is 1. The summed E-state index contributed by atoms with van der Waals surface area (Å²) in [6.07, 6.45) is 1.53. The van der Waals surface area contributed by atoms with Gasteiger partial charge in [0.1, 0.15) is 5.76 Å². The number of ether oxygens (including phenoxy) is 1. The summed E-state index contributed by atoms with van der Waals surface area (Å²) in [6, 6.07) is 13.0. The standard InChI is InChI=1S/C23H29N3O6S/c1-17(2)33(29,30)26-15-20(23(16-26)22(28)24-10-12-32-23)21(27)25(14-19-9-6-11-31-19)13-18-7-4-3-5-8-18/h3-9,11,17,20H,10,12-16H2,1-2H3,(H,24,28)/t20-,23-/m1/s1. The van der Waals surface area contributed by atoms with Crippen LogP contribution in [-0.4, -0.2) is 66.5 Å². The molecule has 33 heavy (non-hydrogen) atoms. The molecule has 2 aromatic rings. The summed E-state index contributed by atoms with van der Waals surface area (Å²) in [7, 11) is -3.69. The highest BCUT2D eigenvalue weighted by atomic mass is 32.2. The van der Waals surface area contributed by atoms with Crippen molar-refractivity contribution in [2.24, 2.45) is 5.92 Å². The van der Waals surface area contributed by atoms with Gasteiger partial charge < -0.3 is 19.4 Å². The fourth-order valence-corrected chi connectivity index (χ4v) is 5.70. The second kappa shape index (κ2) is 9.28. The van der Waals surface area contributed by atoms with Crippen molar-refractivity contribution >= 4 is 21.8 Å². The van der Waals surface area contributed by atoms with Crippen LogP contribution in [0.4, 0.5) is 0 Å². The third-order valence-corrected chi connectivity index (χ3v) is 8.39. The molecular weight excluding hydrogens is 446 g/mol. The third-order valence-electron chi connectivity index (χ3n) is 6.20. The SMILES string of the molecule is CC(C)S(=O)(=O)N1C[C@H](C(=O)N(Cc2ccccc2)Cc2ccco2)[C@@]2(C1)OCCNC2=O. The number of benzene rings is 1. The van der Waals surface area contributed by atoms with E-state index in [0.29, 0.717) is 12.3 Å². The average Bonchev–Trinajstić information content (AvgIpc) is 3.44. The molecule has 10 heteroatoms. The summed E-state index contributed by atoms with van der Waals surface area (Å²) in [5.41, 5.74) is -0.653. The summed E-state index contributed by atoms with van der Waals surface area (Å²) in [4.78, 5) is 28.6. The van der Waals surface area contributed by atoms with Gasteiger partial charge in [-0.05, 0) is 31.5 Å². The van der Waals surface area contributed by atoms with Crippen molar-refractivity contribution < 1.29 is 27.2 Å². The lowest BCUT2D eigenvalue weighted by Crippen LogP contribution is -2.62. The molecule has 1 aromatic heterocycles. The quantitative estimate of drug-likeness (QED) is 0.648. The molecule has 0 unspecified atom stereocenters. The van der Waals surface area contributed by atoms with Crippen molar-refractivity contribution in [3.8, 4) is 0 Å². The van der Waals surface area contributed by atoms with Crippen LogP contribution in [0.15, 0.2) is 53.1 Å². The number of hydrogen-bond acceptors (Lipinski definition) is 6. The Morgan fingerprint density at radius 3 is 2.61 bits per heavy atom. The van der Waals surface area contributed by atoms with Crippen LogP contribution >= 0.6 is 0 Å². The number of carbonyl (C=O) groups excluding carboxylic acids is 2. The summed E-state index contributed by atoms with van der Waals surface area (Å²) < 4.78 is 38.5. The number of amides is 2. The fraction of sp³-hybridized carbons (Fsp3) is 0.478. The number of sulfonamides is 1. The Morgan fingerprint density at radius 1 is 1.21 bits per heavy atom. The molecule has 9 nitrogen and oxygen atoms in total. The highest BCUT2D eigenvalue weighted by molar-refractivity contribution is 7.89. The number of morpholine rings is 1. The molecule has 0 saturated carbocycles. The van der Waals surface area contributed by atoms with Crippen LogP contribution < -0.4 is 5.32 Å². The van der Waals surface area contributed by atoms with Gasteiger partial charge in [0.05, 0.1) is 37.1 Å². The minimum atomic E-state index is -3.69. The van der Waals surface area contributed by atoms with Crippen LogP contribution in [0, 0.1) is 5.92 Å². The van der Waals surface area contributed by atoms with Crippen molar-refractivity contribution in [1.29, 1.82) is 0 Å². The van der Waals surface area contributed by atoms with E-state index in [4.69, 9.17) is 9.15 Å². The number of rotatable bonds is 7. The molecular formula is C23H29N3O6S. The number of carbonyl (C=O) groups is 2. The molecule has 2 atom stereocenters. The van der Waals surface area contributed by atoms with Gasteiger partial charge in [-0.2, -0.15) is 4.31 Å². The van der Waals surface area contributed by atoms with Crippen LogP contribution in [0.1, 0.15) is 25.2 Å². The molecule has 1 spiro atoms. The molecule has 4 rings (SSSR count). The van der Waals surface area contributed by atoms with Gasteiger partial charge in [-0.15, -0.1) is 0 Å². The largest absolute Gasteiger partial charge is 0.467 e. The predicted octanol–water partition coefficient (Wildman–Crippen LogP) is 1.36. The Balaban J connectivity index is 1.69. The Hall–Kier alpha value is -2.69. The van der Waals surface area contributed by atoms with Gasteiger partial charge in [-0.25, -0.2) is 8.42 Å². The third kappa shape index (κ3) is 4.55. The molecule has 2 aliphatic heterocycles. The van der Waals surface area contributed by atoms with Crippen molar-refractivity contribution in [2.75, 3.05) is 26.2 Å². The summed E-state index contributed by atoms with van der Waals surface area (Å²) >= 11 is 0. The number of furan rings is 1. The van der Waals surface area contributed by atoms with E-state index in [9.17, 15) is 18.0 Å². The zero-order valence-electron chi connectivity index (χ0n) is 18.8. The molecule has 2 fully saturated rings. The van der Waals surface area contributed by atoms with Gasteiger partial charge in [0.15, 0.2) is 5.60 Å². The lowest BCUT2D eigenvalue weighted by Gasteiger charge is -2.38. The molecule has 0 bridgehead atoms. The molecule has 2 amide bonds. The normalized spacial score (nSPS) is 23.7. The van der Waals surface area contributed by atoms with E-state index in [0.717, 1.165) is 5.56 Å². The van der Waals surface area contributed by atoms with Crippen LogP contribution in [0.25, 0.3) is 0 Å². The molecule has 2 saturated heterocycles. The predicted molar refractivity (Wildman–Crippen MR) is 120 cm³/mol. The van der Waals surface area contributed by atoms with Gasteiger partial charge in [0, 0.05) is 19.6 Å². The van der Waals surface area contributed by atoms with Crippen molar-refractivity contribution in [1.82, 2.24) is 14.5 Å². The molecule has 1 aromatic carbocycles. The van der Waals surface area contributed by atoms with Crippen LogP contribution in [0.2, 0.25) is 0 Å². The maximum atomic E-state index is 13.9. The first-order valence-electron chi connectivity index (χ1n) is 11.0. The van der Waals surface area contributed by atoms with Crippen LogP contribution in [-0.2, 0) is 37.4 Å². The Bertz CT molecular complexity index is 1090. The minimum absolute atomic E-state index is 0.115. The molecule has 3 heterocycles. The second-order valence-electron chi connectivity index (χ2n) is 8.69. The Labute approximate surface area is 193 Å². The first kappa shape index (κ1) is 23.5. The first-order chi connectivity index (χ1) is 15.7. The van der Waals surface area contributed by atoms with Crippen molar-refractivity contribution in [3.63, 3.8) is 0 Å². The van der Waals surface area contributed by atoms with E-state index in [1.165, 1.54) is 10.6 Å². The zero-order valence-corrected chi connectivity index (χ0v) is 19.6. The van der Waals surface area contributed by atoms with Gasteiger partial charge in [0.2, 0.25) is 15.9 Å². The molecule has 0 aliphatic carbocycles. The monoisotopic (exact) mass is 475 g/mol. The lowest BCUT2D eigenvalue weighted by molar-refractivity contribution is -0.167. The van der Waals surface area contributed by atoms with Gasteiger partial charge >= 0.3 is 0 Å². The molecule has 1 N–H and O–H groups in total. The lowest BCUT2D eigenvalue weighted by atomic mass is 9.87. The highest BCUT2D eigenvalue weighted by Gasteiger charge is 2.60. The van der Waals surface area contributed by atoms with E-state index in [-0.39, 0.29) is 38.7 Å². The summed E-state index contributed by atoms with van der Waals surface area (Å²) in [5, 5.41) is 2.08. The van der Waals surface area contributed by atoms with E-state index in [2.05, 4.69) is 5.32 Å². The van der Waals surface area contributed by atoms with Gasteiger partial charge in [0.25, 0.3) is 5.91 Å². The van der Waals surface area contributed by atoms with E-state index in [1.54, 1.807) is 30.9 Å². The minimum Gasteiger partial charge on any atom is -0.467 e. The number of nitrogens with one attached hydrogen (secondary N) is 1. The fourth-order valence-electron chi connectivity index (χ4n) is 4.37. The van der Waals surface area contributed by atoms with E-state index >= 15 is 0 Å². The smallest absolute Gasteiger partial charge is 0.254 e. The van der Waals surface area contributed by atoms with Gasteiger partial charge in [-0.3, -0.25) is 9.59 Å². The van der Waals surface area contributed by atoms with Crippen LogP contribution in [0.5, 0.6) is 0 Å². The Morgan fingerprint density at radius 2 is 1.97 bits per heavy atom. The van der Waals surface area contributed by atoms with E-state index < -0.39 is 32.7 Å². The second-order valence-corrected chi connectivity index (χ2v) is 11.2. The van der Waals surface area contributed by atoms with E-state index in [1.807, 2.05) is 30.3 Å².